The van der Waals surface area contributed by atoms with Crippen molar-refractivity contribution in [2.75, 3.05) is 11.9 Å². The predicted octanol–water partition coefficient (Wildman–Crippen LogP) is 2.20. The molecule has 3 atom stereocenters. The van der Waals surface area contributed by atoms with Gasteiger partial charge in [-0.25, -0.2) is 14.6 Å². The number of nitriles is 1. The summed E-state index contributed by atoms with van der Waals surface area (Å²) in [7, 11) is 2.06. The van der Waals surface area contributed by atoms with Crippen LogP contribution in [0.4, 0.5) is 5.82 Å². The summed E-state index contributed by atoms with van der Waals surface area (Å²) in [5.74, 6) is 1.13. The van der Waals surface area contributed by atoms with Crippen molar-refractivity contribution in [1.82, 2.24) is 35.3 Å². The molecule has 2 fully saturated rings. The molecule has 3 aromatic rings. The number of piperidine rings is 2. The topological polar surface area (TPSA) is 129 Å². The minimum Gasteiger partial charge on any atom is -0.507 e. The molecule has 5 rings (SSSR count). The van der Waals surface area contributed by atoms with Gasteiger partial charge in [0.05, 0.1) is 17.4 Å². The molecule has 0 spiro atoms. The number of rotatable bonds is 4. The van der Waals surface area contributed by atoms with Gasteiger partial charge < -0.3 is 15.3 Å². The zero-order valence-electron chi connectivity index (χ0n) is 18.1. The quantitative estimate of drug-likeness (QED) is 0.638. The van der Waals surface area contributed by atoms with Gasteiger partial charge in [0.1, 0.15) is 18.1 Å². The van der Waals surface area contributed by atoms with E-state index in [1.165, 1.54) is 36.3 Å². The number of nitrogens with zero attached hydrogens (tertiary/aromatic N) is 8. The minimum atomic E-state index is -0.00137. The summed E-state index contributed by atoms with van der Waals surface area (Å²) in [4.78, 5) is 10.5. The van der Waals surface area contributed by atoms with Gasteiger partial charge in [-0.1, -0.05) is 6.42 Å². The number of aromatic nitrogens is 6. The Balaban J connectivity index is 1.34. The van der Waals surface area contributed by atoms with Crippen molar-refractivity contribution in [3.05, 3.63) is 36.5 Å². The summed E-state index contributed by atoms with van der Waals surface area (Å²) in [5, 5.41) is 35.9. The van der Waals surface area contributed by atoms with E-state index >= 15 is 0 Å². The van der Waals surface area contributed by atoms with Crippen molar-refractivity contribution in [3.8, 4) is 28.9 Å². The first-order valence-electron chi connectivity index (χ1n) is 10.8. The van der Waals surface area contributed by atoms with E-state index in [0.29, 0.717) is 29.2 Å². The van der Waals surface area contributed by atoms with Crippen molar-refractivity contribution in [2.24, 2.45) is 0 Å². The van der Waals surface area contributed by atoms with Gasteiger partial charge in [-0.3, -0.25) is 0 Å². The Morgan fingerprint density at radius 2 is 2.19 bits per heavy atom. The Labute approximate surface area is 185 Å². The maximum Gasteiger partial charge on any atom is 0.252 e. The Hall–Kier alpha value is -3.58. The molecule has 164 valence electrons. The van der Waals surface area contributed by atoms with Gasteiger partial charge in [0.2, 0.25) is 0 Å². The SMILES string of the molecule is CN(c1cnc(-c2ccc(-n3cnc(C#N)n3)cc2O)nn1)[C@@H]1C[C@H]2CCC[C@@](C)(C1)N2. The largest absolute Gasteiger partial charge is 0.507 e. The molecule has 2 aromatic heterocycles. The zero-order valence-corrected chi connectivity index (χ0v) is 18.1. The maximum absolute atomic E-state index is 10.5. The van der Waals surface area contributed by atoms with Gasteiger partial charge in [0.15, 0.2) is 11.6 Å². The Morgan fingerprint density at radius 3 is 2.88 bits per heavy atom. The first kappa shape index (κ1) is 20.3. The van der Waals surface area contributed by atoms with Gasteiger partial charge in [-0.2, -0.15) is 5.26 Å². The van der Waals surface area contributed by atoms with Crippen LogP contribution < -0.4 is 10.2 Å². The molecule has 1 aromatic carbocycles. The van der Waals surface area contributed by atoms with Crippen molar-refractivity contribution < 1.29 is 5.11 Å². The van der Waals surface area contributed by atoms with Crippen LogP contribution in [0.15, 0.2) is 30.7 Å². The van der Waals surface area contributed by atoms with E-state index in [1.54, 1.807) is 18.3 Å². The molecule has 0 unspecified atom stereocenters. The maximum atomic E-state index is 10.5. The molecule has 0 aliphatic carbocycles. The van der Waals surface area contributed by atoms with E-state index in [1.807, 2.05) is 6.07 Å². The summed E-state index contributed by atoms with van der Waals surface area (Å²) in [6, 6.07) is 7.81. The molecule has 32 heavy (non-hydrogen) atoms. The van der Waals surface area contributed by atoms with E-state index in [0.717, 1.165) is 18.7 Å². The van der Waals surface area contributed by atoms with Crippen LogP contribution in [0.1, 0.15) is 44.9 Å². The fraction of sp³-hybridized carbons (Fsp3) is 0.455. The van der Waals surface area contributed by atoms with E-state index in [-0.39, 0.29) is 17.1 Å². The van der Waals surface area contributed by atoms with Crippen LogP contribution in [-0.4, -0.2) is 59.7 Å². The monoisotopic (exact) mass is 431 g/mol. The van der Waals surface area contributed by atoms with Crippen LogP contribution >= 0.6 is 0 Å². The third kappa shape index (κ3) is 3.76. The van der Waals surface area contributed by atoms with Crippen molar-refractivity contribution in [2.45, 2.75) is 56.7 Å². The van der Waals surface area contributed by atoms with Gasteiger partial charge in [-0.05, 0) is 44.7 Å². The lowest BCUT2D eigenvalue weighted by atomic mass is 9.75. The number of anilines is 1. The molecule has 0 saturated carbocycles. The lowest BCUT2D eigenvalue weighted by molar-refractivity contribution is 0.140. The van der Waals surface area contributed by atoms with Crippen molar-refractivity contribution in [1.29, 1.82) is 5.26 Å². The molecule has 4 heterocycles. The molecule has 2 N–H and O–H groups in total. The number of nitrogens with one attached hydrogen (secondary N) is 1. The molecule has 0 amide bonds. The highest BCUT2D eigenvalue weighted by Gasteiger charge is 2.40. The molecule has 10 heteroatoms. The average Bonchev–Trinajstić information content (AvgIpc) is 3.27. The van der Waals surface area contributed by atoms with Crippen LogP contribution in [-0.2, 0) is 0 Å². The molecule has 10 nitrogen and oxygen atoms in total. The standard InChI is InChI=1S/C22H25N9O/c1-22-7-3-4-14(26-22)8-16(10-22)30(2)20-12-24-21(28-27-20)17-6-5-15(9-18(17)32)31-13-25-19(11-23)29-31/h5-6,9,12-14,16,26,32H,3-4,7-8,10H2,1-2H3/t14-,16-,22+/m1/s1. The summed E-state index contributed by atoms with van der Waals surface area (Å²) in [6.07, 6.45) is 9.02. The fourth-order valence-electron chi connectivity index (χ4n) is 4.97. The molecule has 0 radical (unpaired) electrons. The lowest BCUT2D eigenvalue weighted by Gasteiger charge is -2.49. The highest BCUT2D eigenvalue weighted by atomic mass is 16.3. The lowest BCUT2D eigenvalue weighted by Crippen LogP contribution is -2.61. The zero-order chi connectivity index (χ0) is 22.3. The number of fused-ring (bicyclic) bond motifs is 2. The second kappa shape index (κ2) is 7.84. The molecular weight excluding hydrogens is 406 g/mol. The minimum absolute atomic E-state index is 0.00137. The third-order valence-electron chi connectivity index (χ3n) is 6.61. The van der Waals surface area contributed by atoms with Crippen LogP contribution in [0.2, 0.25) is 0 Å². The first-order chi connectivity index (χ1) is 15.4. The molecule has 2 saturated heterocycles. The second-order valence-electron chi connectivity index (χ2n) is 8.96. The molecule has 2 aliphatic heterocycles. The highest BCUT2D eigenvalue weighted by Crippen LogP contribution is 2.36. The van der Waals surface area contributed by atoms with E-state index in [4.69, 9.17) is 5.26 Å². The number of phenols is 1. The summed E-state index contributed by atoms with van der Waals surface area (Å²) in [6.45, 7) is 2.32. The number of hydrogen-bond donors (Lipinski definition) is 2. The van der Waals surface area contributed by atoms with E-state index in [9.17, 15) is 5.11 Å². The van der Waals surface area contributed by atoms with Crippen LogP contribution in [0.5, 0.6) is 5.75 Å². The normalized spacial score (nSPS) is 24.7. The number of aromatic hydroxyl groups is 1. The molecular formula is C22H25N9O. The number of phenolic OH excluding ortho intramolecular Hbond substituents is 1. The molecule has 2 aliphatic rings. The predicted molar refractivity (Wildman–Crippen MR) is 117 cm³/mol. The van der Waals surface area contributed by atoms with Crippen molar-refractivity contribution >= 4 is 5.82 Å². The Kier molecular flexibility index (Phi) is 4.98. The Bertz CT molecular complexity index is 1170. The Morgan fingerprint density at radius 1 is 1.31 bits per heavy atom. The third-order valence-corrected chi connectivity index (χ3v) is 6.61. The summed E-state index contributed by atoms with van der Waals surface area (Å²) >= 11 is 0. The van der Waals surface area contributed by atoms with Gasteiger partial charge >= 0.3 is 0 Å². The number of benzene rings is 1. The molecule has 2 bridgehead atoms. The van der Waals surface area contributed by atoms with Crippen molar-refractivity contribution in [3.63, 3.8) is 0 Å². The van der Waals surface area contributed by atoms with E-state index in [2.05, 4.69) is 49.5 Å². The second-order valence-corrected chi connectivity index (χ2v) is 8.96. The van der Waals surface area contributed by atoms with Gasteiger partial charge in [0.25, 0.3) is 5.82 Å². The number of hydrogen-bond acceptors (Lipinski definition) is 9. The van der Waals surface area contributed by atoms with Crippen LogP contribution in [0.25, 0.3) is 17.1 Å². The van der Waals surface area contributed by atoms with Crippen LogP contribution in [0.3, 0.4) is 0 Å². The summed E-state index contributed by atoms with van der Waals surface area (Å²) < 4.78 is 1.42. The first-order valence-corrected chi connectivity index (χ1v) is 10.8. The summed E-state index contributed by atoms with van der Waals surface area (Å²) in [5.41, 5.74) is 1.24. The fourth-order valence-corrected chi connectivity index (χ4v) is 4.97. The van der Waals surface area contributed by atoms with E-state index < -0.39 is 0 Å². The van der Waals surface area contributed by atoms with Gasteiger partial charge in [0, 0.05) is 30.7 Å². The van der Waals surface area contributed by atoms with Gasteiger partial charge in [-0.15, -0.1) is 15.3 Å². The highest BCUT2D eigenvalue weighted by molar-refractivity contribution is 5.66. The smallest absolute Gasteiger partial charge is 0.252 e. The average molecular weight is 432 g/mol. The van der Waals surface area contributed by atoms with Crippen LogP contribution in [0, 0.1) is 11.3 Å².